The smallest absolute Gasteiger partial charge is 0.170 e. The minimum Gasteiger partial charge on any atom is -0.360 e. The second-order valence-corrected chi connectivity index (χ2v) is 4.96. The summed E-state index contributed by atoms with van der Waals surface area (Å²) >= 11 is 5.31. The van der Waals surface area contributed by atoms with Crippen LogP contribution in [0.5, 0.6) is 0 Å². The lowest BCUT2D eigenvalue weighted by Crippen LogP contribution is -2.37. The van der Waals surface area contributed by atoms with Gasteiger partial charge in [0, 0.05) is 11.7 Å². The number of hydrogen-bond acceptors (Lipinski definition) is 1. The molecule has 1 unspecified atom stereocenters. The average Bonchev–Trinajstić information content (AvgIpc) is 2.40. The zero-order valence-corrected chi connectivity index (χ0v) is 11.8. The Balaban J connectivity index is 1.82. The normalized spacial score (nSPS) is 11.6. The third-order valence-electron chi connectivity index (χ3n) is 2.79. The van der Waals surface area contributed by atoms with Crippen molar-refractivity contribution in [2.45, 2.75) is 19.4 Å². The lowest BCUT2D eigenvalue weighted by Gasteiger charge is -2.17. The molecule has 0 heterocycles. The SMILES string of the molecule is CC(Cc1ccccc1)NC(=S)Nc1ccccc1. The van der Waals surface area contributed by atoms with Gasteiger partial charge in [-0.05, 0) is 43.3 Å². The number of anilines is 1. The lowest BCUT2D eigenvalue weighted by atomic mass is 10.1. The first-order valence-corrected chi connectivity index (χ1v) is 6.81. The molecule has 2 aromatic carbocycles. The van der Waals surface area contributed by atoms with E-state index in [1.807, 2.05) is 36.4 Å². The Morgan fingerprint density at radius 1 is 1.00 bits per heavy atom. The van der Waals surface area contributed by atoms with Gasteiger partial charge in [-0.1, -0.05) is 48.5 Å². The highest BCUT2D eigenvalue weighted by atomic mass is 32.1. The fraction of sp³-hybridized carbons (Fsp3) is 0.188. The summed E-state index contributed by atoms with van der Waals surface area (Å²) in [6, 6.07) is 20.7. The molecule has 1 atom stereocenters. The zero-order valence-electron chi connectivity index (χ0n) is 11.0. The largest absolute Gasteiger partial charge is 0.360 e. The Morgan fingerprint density at radius 2 is 1.58 bits per heavy atom. The van der Waals surface area contributed by atoms with Crippen LogP contribution in [0.15, 0.2) is 60.7 Å². The number of nitrogens with one attached hydrogen (secondary N) is 2. The van der Waals surface area contributed by atoms with Gasteiger partial charge in [0.2, 0.25) is 0 Å². The molecule has 0 aliphatic rings. The third kappa shape index (κ3) is 4.72. The first-order valence-electron chi connectivity index (χ1n) is 6.40. The molecule has 2 nitrogen and oxygen atoms in total. The van der Waals surface area contributed by atoms with Crippen LogP contribution in [0.3, 0.4) is 0 Å². The van der Waals surface area contributed by atoms with Crippen LogP contribution < -0.4 is 10.6 Å². The molecule has 0 saturated carbocycles. The minimum absolute atomic E-state index is 0.297. The molecule has 0 radical (unpaired) electrons. The molecular weight excluding hydrogens is 252 g/mol. The van der Waals surface area contributed by atoms with E-state index >= 15 is 0 Å². The molecule has 0 aliphatic carbocycles. The summed E-state index contributed by atoms with van der Waals surface area (Å²) in [5, 5.41) is 7.14. The number of hydrogen-bond donors (Lipinski definition) is 2. The van der Waals surface area contributed by atoms with E-state index in [2.05, 4.69) is 41.8 Å². The van der Waals surface area contributed by atoms with E-state index in [0.29, 0.717) is 11.2 Å². The zero-order chi connectivity index (χ0) is 13.5. The van der Waals surface area contributed by atoms with Gasteiger partial charge in [-0.15, -0.1) is 0 Å². The summed E-state index contributed by atoms with van der Waals surface area (Å²) in [6.07, 6.45) is 0.956. The van der Waals surface area contributed by atoms with Crippen LogP contribution in [0, 0.1) is 0 Å². The second-order valence-electron chi connectivity index (χ2n) is 4.56. The molecule has 98 valence electrons. The minimum atomic E-state index is 0.297. The van der Waals surface area contributed by atoms with Crippen LogP contribution in [0.25, 0.3) is 0 Å². The van der Waals surface area contributed by atoms with Crippen LogP contribution in [-0.4, -0.2) is 11.2 Å². The number of benzene rings is 2. The van der Waals surface area contributed by atoms with Gasteiger partial charge in [-0.25, -0.2) is 0 Å². The van der Waals surface area contributed by atoms with Crippen molar-refractivity contribution >= 4 is 23.0 Å². The third-order valence-corrected chi connectivity index (χ3v) is 3.01. The summed E-state index contributed by atoms with van der Waals surface area (Å²) in [4.78, 5) is 0. The Labute approximate surface area is 119 Å². The van der Waals surface area contributed by atoms with Gasteiger partial charge in [0.15, 0.2) is 5.11 Å². The Kier molecular flexibility index (Phi) is 4.93. The van der Waals surface area contributed by atoms with Crippen molar-refractivity contribution in [3.63, 3.8) is 0 Å². The van der Waals surface area contributed by atoms with Crippen molar-refractivity contribution in [3.8, 4) is 0 Å². The standard InChI is InChI=1S/C16H18N2S/c1-13(12-14-8-4-2-5-9-14)17-16(19)18-15-10-6-3-7-11-15/h2-11,13H,12H2,1H3,(H2,17,18,19). The van der Waals surface area contributed by atoms with Crippen molar-refractivity contribution in [1.82, 2.24) is 5.32 Å². The van der Waals surface area contributed by atoms with Crippen LogP contribution in [0.1, 0.15) is 12.5 Å². The first kappa shape index (κ1) is 13.6. The van der Waals surface area contributed by atoms with Crippen molar-refractivity contribution < 1.29 is 0 Å². The highest BCUT2D eigenvalue weighted by Gasteiger charge is 2.05. The molecule has 3 heteroatoms. The van der Waals surface area contributed by atoms with E-state index in [1.54, 1.807) is 0 Å². The van der Waals surface area contributed by atoms with Crippen molar-refractivity contribution in [2.24, 2.45) is 0 Å². The van der Waals surface area contributed by atoms with Crippen molar-refractivity contribution in [3.05, 3.63) is 66.2 Å². The fourth-order valence-electron chi connectivity index (χ4n) is 1.93. The highest BCUT2D eigenvalue weighted by Crippen LogP contribution is 2.06. The van der Waals surface area contributed by atoms with E-state index in [0.717, 1.165) is 12.1 Å². The molecule has 0 fully saturated rings. The molecular formula is C16H18N2S. The van der Waals surface area contributed by atoms with Gasteiger partial charge in [0.05, 0.1) is 0 Å². The Bertz CT molecular complexity index is 511. The summed E-state index contributed by atoms with van der Waals surface area (Å²) in [5.74, 6) is 0. The monoisotopic (exact) mass is 270 g/mol. The second kappa shape index (κ2) is 6.90. The van der Waals surface area contributed by atoms with E-state index in [1.165, 1.54) is 5.56 Å². The van der Waals surface area contributed by atoms with E-state index < -0.39 is 0 Å². The summed E-state index contributed by atoms with van der Waals surface area (Å²) < 4.78 is 0. The number of thiocarbonyl (C=S) groups is 1. The molecule has 0 spiro atoms. The molecule has 2 N–H and O–H groups in total. The van der Waals surface area contributed by atoms with Crippen LogP contribution in [-0.2, 0) is 6.42 Å². The van der Waals surface area contributed by atoms with E-state index in [4.69, 9.17) is 12.2 Å². The van der Waals surface area contributed by atoms with Gasteiger partial charge in [-0.3, -0.25) is 0 Å². The Morgan fingerprint density at radius 3 is 2.21 bits per heavy atom. The molecule has 2 rings (SSSR count). The number of para-hydroxylation sites is 1. The molecule has 19 heavy (non-hydrogen) atoms. The maximum Gasteiger partial charge on any atom is 0.170 e. The predicted octanol–water partition coefficient (Wildman–Crippen LogP) is 3.60. The van der Waals surface area contributed by atoms with Crippen LogP contribution >= 0.6 is 12.2 Å². The Hall–Kier alpha value is -1.87. The molecule has 0 amide bonds. The quantitative estimate of drug-likeness (QED) is 0.830. The average molecular weight is 270 g/mol. The lowest BCUT2D eigenvalue weighted by molar-refractivity contribution is 0.664. The van der Waals surface area contributed by atoms with Crippen molar-refractivity contribution in [1.29, 1.82) is 0 Å². The maximum atomic E-state index is 5.31. The van der Waals surface area contributed by atoms with Crippen LogP contribution in [0.4, 0.5) is 5.69 Å². The predicted molar refractivity (Wildman–Crippen MR) is 85.4 cm³/mol. The van der Waals surface area contributed by atoms with Gasteiger partial charge in [0.25, 0.3) is 0 Å². The maximum absolute atomic E-state index is 5.31. The number of rotatable bonds is 4. The van der Waals surface area contributed by atoms with Gasteiger partial charge < -0.3 is 10.6 Å². The topological polar surface area (TPSA) is 24.1 Å². The summed E-state index contributed by atoms with van der Waals surface area (Å²) in [7, 11) is 0. The summed E-state index contributed by atoms with van der Waals surface area (Å²) in [6.45, 7) is 2.13. The van der Waals surface area contributed by atoms with Crippen molar-refractivity contribution in [2.75, 3.05) is 5.32 Å². The van der Waals surface area contributed by atoms with E-state index in [-0.39, 0.29) is 0 Å². The van der Waals surface area contributed by atoms with Gasteiger partial charge >= 0.3 is 0 Å². The van der Waals surface area contributed by atoms with Gasteiger partial charge in [-0.2, -0.15) is 0 Å². The van der Waals surface area contributed by atoms with Gasteiger partial charge in [0.1, 0.15) is 0 Å². The molecule has 0 aliphatic heterocycles. The van der Waals surface area contributed by atoms with Crippen LogP contribution in [0.2, 0.25) is 0 Å². The summed E-state index contributed by atoms with van der Waals surface area (Å²) in [5.41, 5.74) is 2.32. The van der Waals surface area contributed by atoms with E-state index in [9.17, 15) is 0 Å². The molecule has 2 aromatic rings. The molecule has 0 saturated heterocycles. The fourth-order valence-corrected chi connectivity index (χ4v) is 2.25. The molecule has 0 aromatic heterocycles. The first-order chi connectivity index (χ1) is 9.24. The highest BCUT2D eigenvalue weighted by molar-refractivity contribution is 7.80. The molecule has 0 bridgehead atoms.